The summed E-state index contributed by atoms with van der Waals surface area (Å²) in [6.07, 6.45) is -1.57. The number of benzene rings is 1. The van der Waals surface area contributed by atoms with Crippen LogP contribution in [-0.4, -0.2) is 75.8 Å². The fraction of sp³-hybridized carbons (Fsp3) is 0.520. The monoisotopic (exact) mass is 532 g/mol. The lowest BCUT2D eigenvalue weighted by Gasteiger charge is -2.30. The van der Waals surface area contributed by atoms with Crippen molar-refractivity contribution in [2.75, 3.05) is 37.8 Å². The maximum atomic E-state index is 14.3. The SMILES string of the molecule is CCOc1cccc2c1nc(C(F)F)n2-c1cc(OC2CCC(NC(=O)O)CC2)nc(N2CCOCC2)n1. The quantitative estimate of drug-likeness (QED) is 0.444. The van der Waals surface area contributed by atoms with E-state index >= 15 is 0 Å². The third kappa shape index (κ3) is 5.57. The van der Waals surface area contributed by atoms with Gasteiger partial charge in [-0.15, -0.1) is 0 Å². The lowest BCUT2D eigenvalue weighted by molar-refractivity contribution is 0.120. The number of imidazole rings is 1. The highest BCUT2D eigenvalue weighted by molar-refractivity contribution is 5.84. The second kappa shape index (κ2) is 11.3. The third-order valence-electron chi connectivity index (χ3n) is 6.66. The van der Waals surface area contributed by atoms with Gasteiger partial charge >= 0.3 is 6.09 Å². The molecule has 204 valence electrons. The molecule has 2 aliphatic rings. The molecule has 1 saturated heterocycles. The number of morpholine rings is 1. The Hall–Kier alpha value is -3.74. The van der Waals surface area contributed by atoms with Gasteiger partial charge in [0.05, 0.1) is 25.3 Å². The van der Waals surface area contributed by atoms with Gasteiger partial charge < -0.3 is 29.5 Å². The number of anilines is 1. The summed E-state index contributed by atoms with van der Waals surface area (Å²) in [5, 5.41) is 11.5. The van der Waals surface area contributed by atoms with Gasteiger partial charge in [0.25, 0.3) is 6.43 Å². The van der Waals surface area contributed by atoms with Crippen LogP contribution in [0.25, 0.3) is 16.9 Å². The van der Waals surface area contributed by atoms with E-state index in [0.717, 1.165) is 0 Å². The molecule has 0 spiro atoms. The van der Waals surface area contributed by atoms with E-state index in [9.17, 15) is 13.6 Å². The van der Waals surface area contributed by atoms with E-state index in [1.54, 1.807) is 24.3 Å². The molecule has 2 aromatic heterocycles. The van der Waals surface area contributed by atoms with Crippen molar-refractivity contribution in [1.82, 2.24) is 24.8 Å². The summed E-state index contributed by atoms with van der Waals surface area (Å²) in [5.74, 6) is 0.782. The number of halogens is 2. The van der Waals surface area contributed by atoms with Crippen LogP contribution in [0.15, 0.2) is 24.3 Å². The first-order valence-corrected chi connectivity index (χ1v) is 12.7. The number of carboxylic acid groups (broad SMARTS) is 1. The number of hydrogen-bond donors (Lipinski definition) is 2. The number of fused-ring (bicyclic) bond motifs is 1. The number of para-hydroxylation sites is 1. The maximum absolute atomic E-state index is 14.3. The summed E-state index contributed by atoms with van der Waals surface area (Å²) >= 11 is 0. The van der Waals surface area contributed by atoms with Gasteiger partial charge in [-0.3, -0.25) is 4.57 Å². The molecule has 13 heteroatoms. The van der Waals surface area contributed by atoms with Crippen molar-refractivity contribution in [2.24, 2.45) is 0 Å². The number of alkyl halides is 2. The van der Waals surface area contributed by atoms with Crippen LogP contribution in [0, 0.1) is 0 Å². The summed E-state index contributed by atoms with van der Waals surface area (Å²) in [6, 6.07) is 6.55. The fourth-order valence-corrected chi connectivity index (χ4v) is 4.90. The van der Waals surface area contributed by atoms with Gasteiger partial charge in [0.2, 0.25) is 11.8 Å². The van der Waals surface area contributed by atoms with E-state index in [4.69, 9.17) is 19.3 Å². The van der Waals surface area contributed by atoms with Gasteiger partial charge in [-0.2, -0.15) is 9.97 Å². The zero-order valence-corrected chi connectivity index (χ0v) is 21.0. The first-order chi connectivity index (χ1) is 18.4. The first kappa shape index (κ1) is 25.9. The van der Waals surface area contributed by atoms with Gasteiger partial charge in [0.1, 0.15) is 23.2 Å². The fourth-order valence-electron chi connectivity index (χ4n) is 4.90. The predicted octanol–water partition coefficient (Wildman–Crippen LogP) is 3.95. The molecule has 0 bridgehead atoms. The molecule has 1 aliphatic carbocycles. The molecule has 1 saturated carbocycles. The van der Waals surface area contributed by atoms with Crippen LogP contribution in [-0.2, 0) is 4.74 Å². The Kier molecular flexibility index (Phi) is 7.72. The number of rotatable bonds is 8. The van der Waals surface area contributed by atoms with Gasteiger partial charge in [0, 0.05) is 25.2 Å². The summed E-state index contributed by atoms with van der Waals surface area (Å²) in [5.41, 5.74) is 0.756. The number of aromatic nitrogens is 4. The van der Waals surface area contributed by atoms with Crippen molar-refractivity contribution >= 4 is 23.1 Å². The molecule has 0 radical (unpaired) electrons. The summed E-state index contributed by atoms with van der Waals surface area (Å²) in [4.78, 5) is 26.4. The molecular weight excluding hydrogens is 502 g/mol. The number of carbonyl (C=O) groups is 1. The highest BCUT2D eigenvalue weighted by Gasteiger charge is 2.27. The molecule has 5 rings (SSSR count). The molecule has 3 heterocycles. The second-order valence-corrected chi connectivity index (χ2v) is 9.17. The minimum Gasteiger partial charge on any atom is -0.492 e. The lowest BCUT2D eigenvalue weighted by atomic mass is 9.93. The highest BCUT2D eigenvalue weighted by Crippen LogP contribution is 2.34. The molecule has 11 nitrogen and oxygen atoms in total. The Balaban J connectivity index is 1.53. The van der Waals surface area contributed by atoms with Gasteiger partial charge in [0.15, 0.2) is 5.82 Å². The van der Waals surface area contributed by atoms with Crippen LogP contribution in [0.1, 0.15) is 44.9 Å². The van der Waals surface area contributed by atoms with Crippen LogP contribution >= 0.6 is 0 Å². The van der Waals surface area contributed by atoms with Crippen molar-refractivity contribution in [2.45, 2.75) is 51.2 Å². The Morgan fingerprint density at radius 3 is 2.63 bits per heavy atom. The van der Waals surface area contributed by atoms with Gasteiger partial charge in [-0.05, 0) is 44.7 Å². The Labute approximate surface area is 217 Å². The minimum absolute atomic E-state index is 0.123. The molecule has 38 heavy (non-hydrogen) atoms. The lowest BCUT2D eigenvalue weighted by Crippen LogP contribution is -2.39. The Bertz CT molecular complexity index is 1270. The van der Waals surface area contributed by atoms with E-state index in [-0.39, 0.29) is 23.8 Å². The average Bonchev–Trinajstić information content (AvgIpc) is 3.31. The number of nitrogens with one attached hydrogen (secondary N) is 1. The van der Waals surface area contributed by atoms with E-state index in [0.29, 0.717) is 81.3 Å². The molecule has 2 N–H and O–H groups in total. The van der Waals surface area contributed by atoms with E-state index in [2.05, 4.69) is 20.3 Å². The van der Waals surface area contributed by atoms with Crippen LogP contribution in [0.4, 0.5) is 19.5 Å². The Morgan fingerprint density at radius 1 is 1.18 bits per heavy atom. The first-order valence-electron chi connectivity index (χ1n) is 12.7. The van der Waals surface area contributed by atoms with Crippen molar-refractivity contribution in [3.8, 4) is 17.4 Å². The van der Waals surface area contributed by atoms with Crippen molar-refractivity contribution < 1.29 is 32.9 Å². The smallest absolute Gasteiger partial charge is 0.404 e. The largest absolute Gasteiger partial charge is 0.492 e. The standard InChI is InChI=1S/C25H30F2N6O5/c1-2-37-18-5-3-4-17-21(18)31-23(22(26)27)33(17)19-14-20(30-24(29-19)32-10-12-36-13-11-32)38-16-8-6-15(7-9-16)28-25(34)35/h3-5,14-16,22,28H,2,6-13H2,1H3,(H,34,35). The summed E-state index contributed by atoms with van der Waals surface area (Å²) in [6.45, 7) is 4.28. The predicted molar refractivity (Wildman–Crippen MR) is 134 cm³/mol. The van der Waals surface area contributed by atoms with E-state index in [1.807, 2.05) is 11.8 Å². The van der Waals surface area contributed by atoms with Crippen molar-refractivity contribution in [1.29, 1.82) is 0 Å². The van der Waals surface area contributed by atoms with Crippen LogP contribution in [0.3, 0.4) is 0 Å². The van der Waals surface area contributed by atoms with E-state index < -0.39 is 18.3 Å². The molecule has 1 aromatic carbocycles. The number of ether oxygens (including phenoxy) is 3. The molecule has 2 fully saturated rings. The number of nitrogens with zero attached hydrogens (tertiary/aromatic N) is 5. The van der Waals surface area contributed by atoms with Gasteiger partial charge in [-0.25, -0.2) is 18.6 Å². The molecule has 1 amide bonds. The minimum atomic E-state index is -2.86. The molecule has 0 atom stereocenters. The molecule has 3 aromatic rings. The summed E-state index contributed by atoms with van der Waals surface area (Å²) < 4.78 is 47.1. The Morgan fingerprint density at radius 2 is 1.95 bits per heavy atom. The average molecular weight is 533 g/mol. The van der Waals surface area contributed by atoms with Crippen LogP contribution < -0.4 is 19.7 Å². The zero-order valence-electron chi connectivity index (χ0n) is 21.0. The number of hydrogen-bond acceptors (Lipinski definition) is 8. The third-order valence-corrected chi connectivity index (χ3v) is 6.66. The number of amides is 1. The molecular formula is C25H30F2N6O5. The summed E-state index contributed by atoms with van der Waals surface area (Å²) in [7, 11) is 0. The highest BCUT2D eigenvalue weighted by atomic mass is 19.3. The van der Waals surface area contributed by atoms with E-state index in [1.165, 1.54) is 4.57 Å². The van der Waals surface area contributed by atoms with Crippen molar-refractivity contribution in [3.05, 3.63) is 30.1 Å². The van der Waals surface area contributed by atoms with Crippen molar-refractivity contribution in [3.63, 3.8) is 0 Å². The topological polar surface area (TPSA) is 124 Å². The molecule has 1 aliphatic heterocycles. The second-order valence-electron chi connectivity index (χ2n) is 9.17. The van der Waals surface area contributed by atoms with Gasteiger partial charge in [-0.1, -0.05) is 6.07 Å². The zero-order chi connectivity index (χ0) is 26.6. The molecule has 0 unspecified atom stereocenters. The maximum Gasteiger partial charge on any atom is 0.404 e. The van der Waals surface area contributed by atoms with Crippen LogP contribution in [0.2, 0.25) is 0 Å². The van der Waals surface area contributed by atoms with Crippen LogP contribution in [0.5, 0.6) is 11.6 Å². The normalized spacial score (nSPS) is 20.1.